The van der Waals surface area contributed by atoms with Crippen LogP contribution >= 0.6 is 23.5 Å². The third kappa shape index (κ3) is 4.03. The molecule has 0 radical (unpaired) electrons. The van der Waals surface area contributed by atoms with E-state index in [-0.39, 0.29) is 17.7 Å². The standard InChI is InChI=1S/C24H21N5OS2/c1-28-23(18-10-7-13-25-14-18)26-27-24(28)32-16-22(30)29-19-11-5-6-12-21(19)31-15-20(29)17-8-3-2-4-9-17/h2-14,20H,15-16H2,1H3/t20-/m0/s1. The van der Waals surface area contributed by atoms with Gasteiger partial charge in [0.15, 0.2) is 11.0 Å². The summed E-state index contributed by atoms with van der Waals surface area (Å²) in [6, 6.07) is 22.2. The third-order valence-electron chi connectivity index (χ3n) is 5.37. The van der Waals surface area contributed by atoms with Gasteiger partial charge in [0.1, 0.15) is 0 Å². The number of anilines is 1. The monoisotopic (exact) mass is 459 g/mol. The lowest BCUT2D eigenvalue weighted by atomic mass is 10.1. The number of nitrogens with zero attached hydrogens (tertiary/aromatic N) is 5. The maximum absolute atomic E-state index is 13.5. The predicted octanol–water partition coefficient (Wildman–Crippen LogP) is 4.85. The molecule has 2 aromatic carbocycles. The molecule has 5 rings (SSSR count). The average molecular weight is 460 g/mol. The highest BCUT2D eigenvalue weighted by Gasteiger charge is 2.32. The fourth-order valence-corrected chi connectivity index (χ4v) is 5.74. The summed E-state index contributed by atoms with van der Waals surface area (Å²) in [6.07, 6.45) is 3.49. The van der Waals surface area contributed by atoms with Crippen molar-refractivity contribution in [2.24, 2.45) is 7.05 Å². The summed E-state index contributed by atoms with van der Waals surface area (Å²) in [4.78, 5) is 20.8. The number of thioether (sulfide) groups is 2. The van der Waals surface area contributed by atoms with Gasteiger partial charge in [0.25, 0.3) is 0 Å². The van der Waals surface area contributed by atoms with Gasteiger partial charge >= 0.3 is 0 Å². The van der Waals surface area contributed by atoms with Crippen molar-refractivity contribution in [1.82, 2.24) is 19.7 Å². The Morgan fingerprint density at radius 1 is 1.06 bits per heavy atom. The van der Waals surface area contributed by atoms with Crippen molar-refractivity contribution in [3.63, 3.8) is 0 Å². The molecule has 2 aromatic heterocycles. The molecule has 6 nitrogen and oxygen atoms in total. The molecule has 1 aliphatic rings. The number of pyridine rings is 1. The summed E-state index contributed by atoms with van der Waals surface area (Å²) >= 11 is 3.20. The number of aromatic nitrogens is 4. The summed E-state index contributed by atoms with van der Waals surface area (Å²) < 4.78 is 1.91. The largest absolute Gasteiger partial charge is 0.305 e. The Morgan fingerprint density at radius 3 is 2.69 bits per heavy atom. The second kappa shape index (κ2) is 9.18. The second-order valence-electron chi connectivity index (χ2n) is 7.36. The zero-order valence-electron chi connectivity index (χ0n) is 17.5. The smallest absolute Gasteiger partial charge is 0.238 e. The molecule has 0 N–H and O–H groups in total. The number of amides is 1. The van der Waals surface area contributed by atoms with Gasteiger partial charge in [-0.15, -0.1) is 22.0 Å². The molecule has 0 bridgehead atoms. The number of para-hydroxylation sites is 1. The van der Waals surface area contributed by atoms with Gasteiger partial charge in [0, 0.05) is 35.7 Å². The molecule has 0 fully saturated rings. The van der Waals surface area contributed by atoms with Gasteiger partial charge in [0.05, 0.1) is 17.5 Å². The van der Waals surface area contributed by atoms with Crippen molar-refractivity contribution < 1.29 is 4.79 Å². The molecule has 160 valence electrons. The van der Waals surface area contributed by atoms with E-state index < -0.39 is 0 Å². The lowest BCUT2D eigenvalue weighted by Gasteiger charge is -2.37. The van der Waals surface area contributed by atoms with Crippen molar-refractivity contribution >= 4 is 35.1 Å². The Labute approximate surface area is 195 Å². The number of carbonyl (C=O) groups is 1. The summed E-state index contributed by atoms with van der Waals surface area (Å²) in [7, 11) is 1.91. The molecule has 32 heavy (non-hydrogen) atoms. The van der Waals surface area contributed by atoms with Gasteiger partial charge in [0.2, 0.25) is 5.91 Å². The summed E-state index contributed by atoms with van der Waals surface area (Å²) in [6.45, 7) is 0. The first-order valence-corrected chi connectivity index (χ1v) is 12.2. The van der Waals surface area contributed by atoms with Gasteiger partial charge in [-0.05, 0) is 29.8 Å². The first-order valence-electron chi connectivity index (χ1n) is 10.2. The molecule has 1 amide bonds. The van der Waals surface area contributed by atoms with E-state index in [4.69, 9.17) is 0 Å². The first kappa shape index (κ1) is 20.8. The van der Waals surface area contributed by atoms with Crippen LogP contribution < -0.4 is 4.90 Å². The van der Waals surface area contributed by atoms with Crippen LogP contribution in [0.1, 0.15) is 11.6 Å². The molecule has 0 spiro atoms. The Morgan fingerprint density at radius 2 is 1.88 bits per heavy atom. The molecule has 0 aliphatic carbocycles. The van der Waals surface area contributed by atoms with E-state index in [1.165, 1.54) is 11.8 Å². The number of hydrogen-bond acceptors (Lipinski definition) is 6. The number of fused-ring (bicyclic) bond motifs is 1. The lowest BCUT2D eigenvalue weighted by Crippen LogP contribution is -2.39. The van der Waals surface area contributed by atoms with Crippen LogP contribution in [-0.2, 0) is 11.8 Å². The highest BCUT2D eigenvalue weighted by molar-refractivity contribution is 8.00. The number of rotatable bonds is 5. The summed E-state index contributed by atoms with van der Waals surface area (Å²) in [5.41, 5.74) is 3.01. The lowest BCUT2D eigenvalue weighted by molar-refractivity contribution is -0.116. The van der Waals surface area contributed by atoms with Gasteiger partial charge < -0.3 is 9.47 Å². The Hall–Kier alpha value is -3.10. The normalized spacial score (nSPS) is 15.4. The van der Waals surface area contributed by atoms with Crippen LogP contribution in [0.5, 0.6) is 0 Å². The quantitative estimate of drug-likeness (QED) is 0.398. The fraction of sp³-hybridized carbons (Fsp3) is 0.167. The van der Waals surface area contributed by atoms with E-state index in [0.29, 0.717) is 5.16 Å². The van der Waals surface area contributed by atoms with Crippen molar-refractivity contribution in [3.05, 3.63) is 84.7 Å². The van der Waals surface area contributed by atoms with E-state index in [9.17, 15) is 4.79 Å². The minimum atomic E-state index is -0.00495. The molecule has 3 heterocycles. The molecule has 8 heteroatoms. The second-order valence-corrected chi connectivity index (χ2v) is 9.37. The fourth-order valence-electron chi connectivity index (χ4n) is 3.80. The Balaban J connectivity index is 1.39. The zero-order chi connectivity index (χ0) is 21.9. The van der Waals surface area contributed by atoms with E-state index in [1.54, 1.807) is 24.2 Å². The summed E-state index contributed by atoms with van der Waals surface area (Å²) in [5, 5.41) is 9.30. The molecule has 0 unspecified atom stereocenters. The maximum Gasteiger partial charge on any atom is 0.238 e. The first-order chi connectivity index (χ1) is 15.7. The Bertz CT molecular complexity index is 1230. The van der Waals surface area contributed by atoms with E-state index in [2.05, 4.69) is 33.4 Å². The topological polar surface area (TPSA) is 63.9 Å². The van der Waals surface area contributed by atoms with Crippen molar-refractivity contribution in [1.29, 1.82) is 0 Å². The number of benzene rings is 2. The molecule has 0 saturated heterocycles. The molecule has 1 atom stereocenters. The molecule has 4 aromatic rings. The average Bonchev–Trinajstić information content (AvgIpc) is 3.23. The van der Waals surface area contributed by atoms with Crippen LogP contribution in [0.25, 0.3) is 11.4 Å². The minimum absolute atomic E-state index is 0.00495. The highest BCUT2D eigenvalue weighted by Crippen LogP contribution is 2.43. The number of hydrogen-bond donors (Lipinski definition) is 0. The Kier molecular flexibility index (Phi) is 5.96. The predicted molar refractivity (Wildman–Crippen MR) is 129 cm³/mol. The highest BCUT2D eigenvalue weighted by atomic mass is 32.2. The van der Waals surface area contributed by atoms with Crippen LogP contribution in [-0.4, -0.2) is 37.2 Å². The number of carbonyl (C=O) groups excluding carboxylic acids is 1. The zero-order valence-corrected chi connectivity index (χ0v) is 19.1. The van der Waals surface area contributed by atoms with Gasteiger partial charge in [-0.25, -0.2) is 0 Å². The molecular weight excluding hydrogens is 438 g/mol. The molecule has 1 aliphatic heterocycles. The van der Waals surface area contributed by atoms with Crippen LogP contribution in [0.4, 0.5) is 5.69 Å². The van der Waals surface area contributed by atoms with Crippen LogP contribution in [0.15, 0.2) is 89.2 Å². The van der Waals surface area contributed by atoms with Gasteiger partial charge in [-0.2, -0.15) is 0 Å². The van der Waals surface area contributed by atoms with Gasteiger partial charge in [-0.3, -0.25) is 9.78 Å². The van der Waals surface area contributed by atoms with E-state index in [1.807, 2.05) is 65.0 Å². The van der Waals surface area contributed by atoms with E-state index in [0.717, 1.165) is 33.3 Å². The third-order valence-corrected chi connectivity index (χ3v) is 7.51. The summed E-state index contributed by atoms with van der Waals surface area (Å²) in [5.74, 6) is 1.89. The molecule has 0 saturated carbocycles. The SMILES string of the molecule is Cn1c(SCC(=O)N2c3ccccc3SC[C@H]2c2ccccc2)nnc1-c1cccnc1. The minimum Gasteiger partial charge on any atom is -0.305 e. The van der Waals surface area contributed by atoms with Crippen molar-refractivity contribution in [2.75, 3.05) is 16.4 Å². The van der Waals surface area contributed by atoms with Crippen LogP contribution in [0.2, 0.25) is 0 Å². The van der Waals surface area contributed by atoms with Crippen LogP contribution in [0.3, 0.4) is 0 Å². The van der Waals surface area contributed by atoms with Crippen molar-refractivity contribution in [3.8, 4) is 11.4 Å². The van der Waals surface area contributed by atoms with E-state index >= 15 is 0 Å². The van der Waals surface area contributed by atoms with Crippen LogP contribution in [0, 0.1) is 0 Å². The van der Waals surface area contributed by atoms with Gasteiger partial charge in [-0.1, -0.05) is 54.2 Å². The maximum atomic E-state index is 13.5. The van der Waals surface area contributed by atoms with Crippen molar-refractivity contribution in [2.45, 2.75) is 16.1 Å². The molecular formula is C24H21N5OS2.